The molecule has 1 aliphatic rings. The summed E-state index contributed by atoms with van der Waals surface area (Å²) in [6, 6.07) is 11.0. The Bertz CT molecular complexity index is 1340. The van der Waals surface area contributed by atoms with E-state index in [2.05, 4.69) is 25.9 Å². The van der Waals surface area contributed by atoms with Crippen molar-refractivity contribution in [2.75, 3.05) is 10.6 Å². The fourth-order valence-electron chi connectivity index (χ4n) is 3.87. The van der Waals surface area contributed by atoms with Crippen molar-refractivity contribution in [3.63, 3.8) is 0 Å². The fourth-order valence-corrected chi connectivity index (χ4v) is 3.87. The molecule has 1 aliphatic heterocycles. The average molecular weight is 524 g/mol. The first-order valence-electron chi connectivity index (χ1n) is 12.0. The van der Waals surface area contributed by atoms with Gasteiger partial charge in [0.15, 0.2) is 6.10 Å². The van der Waals surface area contributed by atoms with Crippen LogP contribution < -0.4 is 20.7 Å². The number of aliphatic carboxylic acids is 1. The number of carbonyl (C=O) groups excluding carboxylic acids is 3. The third-order valence-electron chi connectivity index (χ3n) is 5.57. The van der Waals surface area contributed by atoms with Gasteiger partial charge in [-0.3, -0.25) is 14.9 Å². The smallest absolute Gasteiger partial charge is 0.408 e. The van der Waals surface area contributed by atoms with Crippen LogP contribution in [0, 0.1) is 0 Å². The number of imidazole rings is 1. The molecule has 5 N–H and O–H groups in total. The van der Waals surface area contributed by atoms with Crippen molar-refractivity contribution in [2.45, 2.75) is 57.8 Å². The molecular weight excluding hydrogens is 494 g/mol. The number of aromatic amines is 1. The monoisotopic (exact) mass is 523 g/mol. The van der Waals surface area contributed by atoms with E-state index in [0.717, 1.165) is 11.0 Å². The normalized spacial score (nSPS) is 15.6. The van der Waals surface area contributed by atoms with Gasteiger partial charge in [0.1, 0.15) is 17.4 Å². The van der Waals surface area contributed by atoms with Crippen molar-refractivity contribution in [3.8, 4) is 5.75 Å². The fraction of sp³-hybridized carbons (Fsp3) is 0.346. The Hall–Kier alpha value is -4.61. The van der Waals surface area contributed by atoms with Crippen LogP contribution in [0.3, 0.4) is 0 Å². The van der Waals surface area contributed by atoms with Gasteiger partial charge in [0, 0.05) is 19.3 Å². The van der Waals surface area contributed by atoms with Crippen molar-refractivity contribution in [1.29, 1.82) is 0 Å². The number of rotatable bonds is 8. The second-order valence-corrected chi connectivity index (χ2v) is 9.86. The summed E-state index contributed by atoms with van der Waals surface area (Å²) in [5, 5.41) is 17.3. The van der Waals surface area contributed by atoms with Gasteiger partial charge in [0.2, 0.25) is 11.9 Å². The Labute approximate surface area is 218 Å². The van der Waals surface area contributed by atoms with E-state index in [1.54, 1.807) is 39.0 Å². The summed E-state index contributed by atoms with van der Waals surface area (Å²) in [4.78, 5) is 56.0. The van der Waals surface area contributed by atoms with Crippen LogP contribution in [-0.4, -0.2) is 56.7 Å². The van der Waals surface area contributed by atoms with Crippen LogP contribution in [0.1, 0.15) is 39.2 Å². The molecule has 3 amide bonds. The van der Waals surface area contributed by atoms with Crippen LogP contribution >= 0.6 is 0 Å². The second-order valence-electron chi connectivity index (χ2n) is 9.86. The lowest BCUT2D eigenvalue weighted by Crippen LogP contribution is -2.44. The highest BCUT2D eigenvalue weighted by Crippen LogP contribution is 2.32. The van der Waals surface area contributed by atoms with Crippen molar-refractivity contribution in [3.05, 3.63) is 48.0 Å². The van der Waals surface area contributed by atoms with E-state index >= 15 is 0 Å². The van der Waals surface area contributed by atoms with E-state index in [-0.39, 0.29) is 25.2 Å². The highest BCUT2D eigenvalue weighted by molar-refractivity contribution is 5.98. The molecule has 0 spiro atoms. The van der Waals surface area contributed by atoms with Crippen molar-refractivity contribution in [2.24, 2.45) is 0 Å². The summed E-state index contributed by atoms with van der Waals surface area (Å²) in [6.45, 7) is 5.03. The van der Waals surface area contributed by atoms with Gasteiger partial charge in [-0.25, -0.2) is 14.6 Å². The SMILES string of the molecule is CC(C)(C)OC(=O)N[C@@H](Cc1ccc2c(c1)NC(=O)[C@@H](CCC(=O)Nc1nc3ccccc3[nH]1)O2)C(=O)O. The van der Waals surface area contributed by atoms with E-state index in [0.29, 0.717) is 22.9 Å². The molecule has 4 rings (SSSR count). The number of nitrogens with zero attached hydrogens (tertiary/aromatic N) is 1. The summed E-state index contributed by atoms with van der Waals surface area (Å²) < 4.78 is 10.9. The maximum atomic E-state index is 12.6. The molecule has 2 atom stereocenters. The number of H-pyrrole nitrogens is 1. The van der Waals surface area contributed by atoms with Crippen LogP contribution in [0.5, 0.6) is 5.75 Å². The zero-order valence-electron chi connectivity index (χ0n) is 21.2. The minimum Gasteiger partial charge on any atom is -0.480 e. The topological polar surface area (TPSA) is 172 Å². The van der Waals surface area contributed by atoms with Gasteiger partial charge < -0.3 is 30.2 Å². The predicted molar refractivity (Wildman–Crippen MR) is 138 cm³/mol. The maximum Gasteiger partial charge on any atom is 0.408 e. The van der Waals surface area contributed by atoms with Crippen LogP contribution in [0.25, 0.3) is 11.0 Å². The number of hydrogen-bond acceptors (Lipinski definition) is 7. The Balaban J connectivity index is 1.33. The molecule has 12 heteroatoms. The molecule has 0 saturated heterocycles. The molecule has 38 heavy (non-hydrogen) atoms. The van der Waals surface area contributed by atoms with Gasteiger partial charge >= 0.3 is 12.1 Å². The van der Waals surface area contributed by atoms with Crippen LogP contribution in [0.4, 0.5) is 16.4 Å². The zero-order valence-corrected chi connectivity index (χ0v) is 21.2. The first kappa shape index (κ1) is 26.5. The number of anilines is 2. The molecule has 0 bridgehead atoms. The second kappa shape index (κ2) is 10.8. The lowest BCUT2D eigenvalue weighted by atomic mass is 10.0. The van der Waals surface area contributed by atoms with Gasteiger partial charge in [0.25, 0.3) is 5.91 Å². The average Bonchev–Trinajstić information content (AvgIpc) is 3.23. The van der Waals surface area contributed by atoms with Gasteiger partial charge in [0.05, 0.1) is 16.7 Å². The standard InChI is InChI=1S/C26H29N5O7/c1-26(2,3)38-25(36)30-18(23(34)35)13-14-8-9-19-17(12-14)27-22(33)20(37-19)10-11-21(32)31-24-28-15-6-4-5-7-16(15)29-24/h4-9,12,18,20H,10-11,13H2,1-3H3,(H,27,33)(H,30,36)(H,34,35)(H2,28,29,31,32)/t18-,20+/m0/s1. The van der Waals surface area contributed by atoms with Crippen molar-refractivity contribution in [1.82, 2.24) is 15.3 Å². The Morgan fingerprint density at radius 1 is 1.18 bits per heavy atom. The molecule has 3 aromatic rings. The van der Waals surface area contributed by atoms with Gasteiger partial charge in [-0.1, -0.05) is 18.2 Å². The molecule has 0 aliphatic carbocycles. The Morgan fingerprint density at radius 3 is 2.66 bits per heavy atom. The molecule has 0 radical (unpaired) electrons. The number of fused-ring (bicyclic) bond motifs is 2. The summed E-state index contributed by atoms with van der Waals surface area (Å²) >= 11 is 0. The maximum absolute atomic E-state index is 12.6. The van der Waals surface area contributed by atoms with Gasteiger partial charge in [-0.05, 0) is 50.6 Å². The minimum absolute atomic E-state index is 0.0270. The summed E-state index contributed by atoms with van der Waals surface area (Å²) in [6.07, 6.45) is -1.59. The number of ether oxygens (including phenoxy) is 2. The van der Waals surface area contributed by atoms with E-state index in [1.807, 2.05) is 24.3 Å². The largest absolute Gasteiger partial charge is 0.480 e. The molecule has 200 valence electrons. The van der Waals surface area contributed by atoms with E-state index in [9.17, 15) is 24.3 Å². The Kier molecular flexibility index (Phi) is 7.51. The highest BCUT2D eigenvalue weighted by Gasteiger charge is 2.29. The van der Waals surface area contributed by atoms with Crippen LogP contribution in [-0.2, 0) is 25.5 Å². The molecule has 0 fully saturated rings. The summed E-state index contributed by atoms with van der Waals surface area (Å²) in [5.74, 6) is -1.26. The molecular formula is C26H29N5O7. The summed E-state index contributed by atoms with van der Waals surface area (Å²) in [5.41, 5.74) is 1.68. The number of alkyl carbamates (subject to hydrolysis) is 1. The first-order valence-corrected chi connectivity index (χ1v) is 12.0. The number of hydrogen-bond donors (Lipinski definition) is 5. The van der Waals surface area contributed by atoms with Crippen LogP contribution in [0.2, 0.25) is 0 Å². The predicted octanol–water partition coefficient (Wildman–Crippen LogP) is 3.20. The van der Waals surface area contributed by atoms with Gasteiger partial charge in [-0.2, -0.15) is 0 Å². The number of nitrogens with one attached hydrogen (secondary N) is 4. The minimum atomic E-state index is -1.24. The van der Waals surface area contributed by atoms with E-state index in [4.69, 9.17) is 9.47 Å². The quantitative estimate of drug-likeness (QED) is 0.299. The zero-order chi connectivity index (χ0) is 27.4. The molecule has 1 aromatic heterocycles. The number of aromatic nitrogens is 2. The van der Waals surface area contributed by atoms with E-state index in [1.165, 1.54) is 0 Å². The first-order chi connectivity index (χ1) is 18.0. The number of benzene rings is 2. The van der Waals surface area contributed by atoms with Crippen LogP contribution in [0.15, 0.2) is 42.5 Å². The lowest BCUT2D eigenvalue weighted by Gasteiger charge is -2.26. The van der Waals surface area contributed by atoms with Gasteiger partial charge in [-0.15, -0.1) is 0 Å². The number of carboxylic acid groups (broad SMARTS) is 1. The molecule has 2 heterocycles. The lowest BCUT2D eigenvalue weighted by molar-refractivity contribution is -0.139. The third kappa shape index (κ3) is 6.78. The van der Waals surface area contributed by atoms with E-state index < -0.39 is 35.7 Å². The molecule has 12 nitrogen and oxygen atoms in total. The number of carboxylic acids is 1. The summed E-state index contributed by atoms with van der Waals surface area (Å²) in [7, 11) is 0. The molecule has 0 saturated carbocycles. The number of amides is 3. The third-order valence-corrected chi connectivity index (χ3v) is 5.57. The number of carbonyl (C=O) groups is 4. The van der Waals surface area contributed by atoms with Crippen molar-refractivity contribution < 1.29 is 33.8 Å². The number of para-hydroxylation sites is 2. The molecule has 2 aromatic carbocycles. The highest BCUT2D eigenvalue weighted by atomic mass is 16.6. The molecule has 0 unspecified atom stereocenters. The Morgan fingerprint density at radius 2 is 1.95 bits per heavy atom. The van der Waals surface area contributed by atoms with Crippen molar-refractivity contribution >= 4 is 46.5 Å².